The molecule has 2 heterocycles. The number of piperidine rings is 1. The number of hydrogen-bond donors (Lipinski definition) is 2. The summed E-state index contributed by atoms with van der Waals surface area (Å²) < 4.78 is 52.9. The Morgan fingerprint density at radius 3 is 2.41 bits per heavy atom. The van der Waals surface area contributed by atoms with Gasteiger partial charge in [-0.1, -0.05) is 18.2 Å². The number of nitrogens with zero attached hydrogens (tertiary/aromatic N) is 1. The number of nitrogens with one attached hydrogen (secondary N) is 2. The molecule has 2 fully saturated rings. The molecule has 2 aliphatic rings. The SMILES string of the molecule is Cl.O=C(NCC1CCN(S(=O)(=O)c2ccccc2)CC1)C1CC(F)(F)CN1. The van der Waals surface area contributed by atoms with Crippen molar-refractivity contribution >= 4 is 28.3 Å². The third-order valence-electron chi connectivity index (χ3n) is 4.95. The van der Waals surface area contributed by atoms with Crippen molar-refractivity contribution in [2.45, 2.75) is 36.1 Å². The fourth-order valence-electron chi connectivity index (χ4n) is 3.36. The van der Waals surface area contributed by atoms with Crippen LogP contribution in [0.4, 0.5) is 8.78 Å². The molecule has 27 heavy (non-hydrogen) atoms. The molecule has 0 aliphatic carbocycles. The van der Waals surface area contributed by atoms with Gasteiger partial charge in [0.15, 0.2) is 0 Å². The quantitative estimate of drug-likeness (QED) is 0.754. The molecule has 152 valence electrons. The highest BCUT2D eigenvalue weighted by atomic mass is 35.5. The molecule has 2 aliphatic heterocycles. The van der Waals surface area contributed by atoms with Crippen LogP contribution < -0.4 is 10.6 Å². The number of sulfonamides is 1. The van der Waals surface area contributed by atoms with Crippen LogP contribution in [0.1, 0.15) is 19.3 Å². The summed E-state index contributed by atoms with van der Waals surface area (Å²) in [7, 11) is -3.49. The Morgan fingerprint density at radius 2 is 1.85 bits per heavy atom. The number of amides is 1. The van der Waals surface area contributed by atoms with Crippen LogP contribution in [-0.4, -0.2) is 56.8 Å². The van der Waals surface area contributed by atoms with Crippen molar-refractivity contribution in [3.8, 4) is 0 Å². The van der Waals surface area contributed by atoms with Crippen molar-refractivity contribution in [2.75, 3.05) is 26.2 Å². The lowest BCUT2D eigenvalue weighted by Gasteiger charge is -2.31. The van der Waals surface area contributed by atoms with Gasteiger partial charge in [0.2, 0.25) is 15.9 Å². The van der Waals surface area contributed by atoms with Crippen LogP contribution in [-0.2, 0) is 14.8 Å². The average Bonchev–Trinajstić information content (AvgIpc) is 3.01. The summed E-state index contributed by atoms with van der Waals surface area (Å²) in [5.74, 6) is -3.11. The third-order valence-corrected chi connectivity index (χ3v) is 6.86. The highest BCUT2D eigenvalue weighted by Crippen LogP contribution is 2.26. The number of carbonyl (C=O) groups is 1. The zero-order valence-corrected chi connectivity index (χ0v) is 16.4. The molecule has 3 rings (SSSR count). The summed E-state index contributed by atoms with van der Waals surface area (Å²) in [6.45, 7) is 0.678. The predicted octanol–water partition coefficient (Wildman–Crippen LogP) is 1.62. The maximum atomic E-state index is 13.1. The van der Waals surface area contributed by atoms with Crippen molar-refractivity contribution in [1.29, 1.82) is 0 Å². The van der Waals surface area contributed by atoms with Crippen LogP contribution >= 0.6 is 12.4 Å². The summed E-state index contributed by atoms with van der Waals surface area (Å²) >= 11 is 0. The predicted molar refractivity (Wildman–Crippen MR) is 99.5 cm³/mol. The van der Waals surface area contributed by atoms with Gasteiger partial charge in [-0.3, -0.25) is 10.1 Å². The van der Waals surface area contributed by atoms with Crippen LogP contribution in [0.15, 0.2) is 35.2 Å². The lowest BCUT2D eigenvalue weighted by Crippen LogP contribution is -2.45. The van der Waals surface area contributed by atoms with Crippen molar-refractivity contribution in [2.24, 2.45) is 5.92 Å². The van der Waals surface area contributed by atoms with Gasteiger partial charge in [0.1, 0.15) is 0 Å². The van der Waals surface area contributed by atoms with Gasteiger partial charge in [-0.15, -0.1) is 12.4 Å². The Kier molecular flexibility index (Phi) is 7.18. The monoisotopic (exact) mass is 423 g/mol. The number of halogens is 3. The van der Waals surface area contributed by atoms with E-state index in [-0.39, 0.29) is 23.2 Å². The Morgan fingerprint density at radius 1 is 1.22 bits per heavy atom. The molecule has 1 unspecified atom stereocenters. The molecule has 1 aromatic rings. The van der Waals surface area contributed by atoms with E-state index in [4.69, 9.17) is 0 Å². The molecule has 0 aromatic heterocycles. The van der Waals surface area contributed by atoms with Gasteiger partial charge < -0.3 is 5.32 Å². The van der Waals surface area contributed by atoms with E-state index in [1.807, 2.05) is 0 Å². The molecular formula is C17H24ClF2N3O3S. The Hall–Kier alpha value is -1.29. The second-order valence-electron chi connectivity index (χ2n) is 6.90. The first kappa shape index (κ1) is 22.0. The standard InChI is InChI=1S/C17H23F2N3O3S.ClH/c18-17(19)10-15(21-12-17)16(23)20-11-13-6-8-22(9-7-13)26(24,25)14-4-2-1-3-5-14;/h1-5,13,15,21H,6-12H2,(H,20,23);1H. The van der Waals surface area contributed by atoms with Gasteiger partial charge in [-0.25, -0.2) is 17.2 Å². The van der Waals surface area contributed by atoms with Crippen molar-refractivity contribution in [3.63, 3.8) is 0 Å². The Labute approximate surface area is 164 Å². The highest BCUT2D eigenvalue weighted by Gasteiger charge is 2.42. The van der Waals surface area contributed by atoms with Crippen LogP contribution in [0.25, 0.3) is 0 Å². The van der Waals surface area contributed by atoms with Gasteiger partial charge in [-0.05, 0) is 30.9 Å². The molecule has 0 radical (unpaired) electrons. The van der Waals surface area contributed by atoms with E-state index in [9.17, 15) is 22.0 Å². The molecular weight excluding hydrogens is 400 g/mol. The minimum absolute atomic E-state index is 0. The molecule has 1 atom stereocenters. The van der Waals surface area contributed by atoms with Crippen molar-refractivity contribution in [3.05, 3.63) is 30.3 Å². The van der Waals surface area contributed by atoms with E-state index < -0.39 is 40.9 Å². The average molecular weight is 424 g/mol. The van der Waals surface area contributed by atoms with Gasteiger partial charge in [-0.2, -0.15) is 4.31 Å². The van der Waals surface area contributed by atoms with E-state index >= 15 is 0 Å². The molecule has 1 amide bonds. The molecule has 1 aromatic carbocycles. The number of carbonyl (C=O) groups excluding carboxylic acids is 1. The van der Waals surface area contributed by atoms with E-state index in [2.05, 4.69) is 10.6 Å². The van der Waals surface area contributed by atoms with Crippen LogP contribution in [0, 0.1) is 5.92 Å². The van der Waals surface area contributed by atoms with Gasteiger partial charge in [0.05, 0.1) is 17.5 Å². The number of benzene rings is 1. The lowest BCUT2D eigenvalue weighted by molar-refractivity contribution is -0.123. The van der Waals surface area contributed by atoms with Crippen molar-refractivity contribution < 1.29 is 22.0 Å². The zero-order valence-electron chi connectivity index (χ0n) is 14.7. The summed E-state index contributed by atoms with van der Waals surface area (Å²) in [5, 5.41) is 5.24. The topological polar surface area (TPSA) is 78.5 Å². The minimum atomic E-state index is -3.49. The first-order valence-corrected chi connectivity index (χ1v) is 10.2. The molecule has 6 nitrogen and oxygen atoms in total. The molecule has 10 heteroatoms. The fraction of sp³-hybridized carbons (Fsp3) is 0.588. The molecule has 2 saturated heterocycles. The van der Waals surface area contributed by atoms with E-state index in [1.54, 1.807) is 30.3 Å². The number of rotatable bonds is 5. The normalized spacial score (nSPS) is 23.6. The van der Waals surface area contributed by atoms with Crippen LogP contribution in [0.3, 0.4) is 0 Å². The van der Waals surface area contributed by atoms with Gasteiger partial charge in [0, 0.05) is 26.1 Å². The minimum Gasteiger partial charge on any atom is -0.354 e. The Balaban J connectivity index is 0.00000261. The summed E-state index contributed by atoms with van der Waals surface area (Å²) in [5.41, 5.74) is 0. The smallest absolute Gasteiger partial charge is 0.262 e. The van der Waals surface area contributed by atoms with E-state index in [0.717, 1.165) is 0 Å². The zero-order chi connectivity index (χ0) is 18.8. The maximum absolute atomic E-state index is 13.1. The number of alkyl halides is 2. The summed E-state index contributed by atoms with van der Waals surface area (Å²) in [4.78, 5) is 12.2. The third kappa shape index (κ3) is 5.37. The second kappa shape index (κ2) is 8.81. The molecule has 0 saturated carbocycles. The van der Waals surface area contributed by atoms with Crippen molar-refractivity contribution in [1.82, 2.24) is 14.9 Å². The Bertz CT molecular complexity index is 741. The van der Waals surface area contributed by atoms with E-state index in [0.29, 0.717) is 32.5 Å². The molecule has 0 spiro atoms. The number of hydrogen-bond acceptors (Lipinski definition) is 4. The van der Waals surface area contributed by atoms with Gasteiger partial charge in [0.25, 0.3) is 5.92 Å². The van der Waals surface area contributed by atoms with Crippen LogP contribution in [0.5, 0.6) is 0 Å². The second-order valence-corrected chi connectivity index (χ2v) is 8.84. The first-order chi connectivity index (χ1) is 12.3. The van der Waals surface area contributed by atoms with E-state index in [1.165, 1.54) is 4.31 Å². The summed E-state index contributed by atoms with van der Waals surface area (Å²) in [6, 6.07) is 7.44. The maximum Gasteiger partial charge on any atom is 0.262 e. The first-order valence-electron chi connectivity index (χ1n) is 8.72. The molecule has 2 N–H and O–H groups in total. The fourth-order valence-corrected chi connectivity index (χ4v) is 4.86. The van der Waals surface area contributed by atoms with Gasteiger partial charge >= 0.3 is 0 Å². The summed E-state index contributed by atoms with van der Waals surface area (Å²) in [6.07, 6.45) is 0.772. The van der Waals surface area contributed by atoms with Crippen LogP contribution in [0.2, 0.25) is 0 Å². The lowest BCUT2D eigenvalue weighted by atomic mass is 9.98. The largest absolute Gasteiger partial charge is 0.354 e. The highest BCUT2D eigenvalue weighted by molar-refractivity contribution is 7.89. The molecule has 0 bridgehead atoms.